The van der Waals surface area contributed by atoms with Gasteiger partial charge in [-0.3, -0.25) is 0 Å². The number of benzene rings is 2. The molecule has 1 nitrogen and oxygen atoms in total. The molecular formula is C16H18BrN. The third-order valence-electron chi connectivity index (χ3n) is 2.97. The summed E-state index contributed by atoms with van der Waals surface area (Å²) in [5, 5.41) is 3.54. The molecule has 0 saturated heterocycles. The summed E-state index contributed by atoms with van der Waals surface area (Å²) in [6.45, 7) is 6.44. The third kappa shape index (κ3) is 3.36. The minimum absolute atomic E-state index is 0.305. The van der Waals surface area contributed by atoms with Crippen LogP contribution in [0.2, 0.25) is 0 Å². The Morgan fingerprint density at radius 3 is 2.06 bits per heavy atom. The van der Waals surface area contributed by atoms with Crippen LogP contribution in [0.15, 0.2) is 46.9 Å². The Kier molecular flexibility index (Phi) is 4.07. The van der Waals surface area contributed by atoms with Crippen molar-refractivity contribution in [3.05, 3.63) is 63.6 Å². The largest absolute Gasteiger partial charge is 0.379 e. The van der Waals surface area contributed by atoms with Gasteiger partial charge < -0.3 is 5.32 Å². The van der Waals surface area contributed by atoms with E-state index in [-0.39, 0.29) is 0 Å². The van der Waals surface area contributed by atoms with E-state index in [2.05, 4.69) is 84.5 Å². The highest BCUT2D eigenvalue weighted by Crippen LogP contribution is 2.22. The molecule has 0 aliphatic rings. The van der Waals surface area contributed by atoms with Gasteiger partial charge in [-0.15, -0.1) is 0 Å². The summed E-state index contributed by atoms with van der Waals surface area (Å²) in [5.74, 6) is 0. The number of hydrogen-bond acceptors (Lipinski definition) is 1. The van der Waals surface area contributed by atoms with Crippen LogP contribution in [0.3, 0.4) is 0 Å². The highest BCUT2D eigenvalue weighted by molar-refractivity contribution is 9.10. The first-order valence-corrected chi connectivity index (χ1v) is 6.94. The van der Waals surface area contributed by atoms with Crippen LogP contribution in [-0.4, -0.2) is 0 Å². The molecule has 0 aliphatic heterocycles. The Balaban J connectivity index is 2.15. The normalized spacial score (nSPS) is 12.2. The van der Waals surface area contributed by atoms with Crippen molar-refractivity contribution in [1.82, 2.24) is 0 Å². The topological polar surface area (TPSA) is 12.0 Å². The van der Waals surface area contributed by atoms with Gasteiger partial charge in [-0.25, -0.2) is 0 Å². The van der Waals surface area contributed by atoms with Crippen LogP contribution in [0.5, 0.6) is 0 Å². The second-order valence-corrected chi connectivity index (χ2v) is 5.71. The standard InChI is InChI=1S/C16H18BrN/c1-11-8-12(2)10-16(9-11)18-13(3)14-4-6-15(17)7-5-14/h4-10,13,18H,1-3H3. The Morgan fingerprint density at radius 1 is 0.944 bits per heavy atom. The predicted molar refractivity (Wildman–Crippen MR) is 82.1 cm³/mol. The van der Waals surface area contributed by atoms with Gasteiger partial charge in [-0.1, -0.05) is 34.1 Å². The molecular weight excluding hydrogens is 286 g/mol. The smallest absolute Gasteiger partial charge is 0.0485 e. The molecule has 94 valence electrons. The first-order valence-electron chi connectivity index (χ1n) is 6.15. The molecule has 0 aromatic heterocycles. The summed E-state index contributed by atoms with van der Waals surface area (Å²) in [6.07, 6.45) is 0. The zero-order chi connectivity index (χ0) is 13.1. The number of anilines is 1. The quantitative estimate of drug-likeness (QED) is 0.817. The first kappa shape index (κ1) is 13.2. The number of rotatable bonds is 3. The van der Waals surface area contributed by atoms with Crippen LogP contribution in [-0.2, 0) is 0 Å². The van der Waals surface area contributed by atoms with Crippen molar-refractivity contribution in [2.24, 2.45) is 0 Å². The Bertz CT molecular complexity index is 511. The van der Waals surface area contributed by atoms with Gasteiger partial charge in [0.25, 0.3) is 0 Å². The van der Waals surface area contributed by atoms with Gasteiger partial charge in [0.1, 0.15) is 0 Å². The fourth-order valence-electron chi connectivity index (χ4n) is 2.14. The maximum absolute atomic E-state index is 3.54. The summed E-state index contributed by atoms with van der Waals surface area (Å²) < 4.78 is 1.12. The van der Waals surface area contributed by atoms with Gasteiger partial charge >= 0.3 is 0 Å². The second-order valence-electron chi connectivity index (χ2n) is 4.79. The lowest BCUT2D eigenvalue weighted by Gasteiger charge is -2.17. The molecule has 0 bridgehead atoms. The van der Waals surface area contributed by atoms with Gasteiger partial charge in [0.2, 0.25) is 0 Å². The van der Waals surface area contributed by atoms with Crippen molar-refractivity contribution in [3.63, 3.8) is 0 Å². The molecule has 2 aromatic rings. The zero-order valence-corrected chi connectivity index (χ0v) is 12.6. The fraction of sp³-hybridized carbons (Fsp3) is 0.250. The molecule has 2 aromatic carbocycles. The van der Waals surface area contributed by atoms with Crippen molar-refractivity contribution in [2.75, 3.05) is 5.32 Å². The summed E-state index contributed by atoms with van der Waals surface area (Å²) in [4.78, 5) is 0. The number of hydrogen-bond donors (Lipinski definition) is 1. The van der Waals surface area contributed by atoms with Gasteiger partial charge in [0.15, 0.2) is 0 Å². The van der Waals surface area contributed by atoms with E-state index in [0.29, 0.717) is 6.04 Å². The minimum atomic E-state index is 0.305. The average molecular weight is 304 g/mol. The van der Waals surface area contributed by atoms with Gasteiger partial charge in [0.05, 0.1) is 0 Å². The molecule has 0 amide bonds. The van der Waals surface area contributed by atoms with E-state index in [1.54, 1.807) is 0 Å². The predicted octanol–water partition coefficient (Wildman–Crippen LogP) is 5.24. The van der Waals surface area contributed by atoms with E-state index in [0.717, 1.165) is 4.47 Å². The lowest BCUT2D eigenvalue weighted by molar-refractivity contribution is 0.883. The van der Waals surface area contributed by atoms with Crippen LogP contribution in [0.4, 0.5) is 5.69 Å². The van der Waals surface area contributed by atoms with Gasteiger partial charge in [-0.2, -0.15) is 0 Å². The molecule has 1 unspecified atom stereocenters. The van der Waals surface area contributed by atoms with E-state index in [9.17, 15) is 0 Å². The molecule has 0 fully saturated rings. The average Bonchev–Trinajstić information content (AvgIpc) is 2.28. The van der Waals surface area contributed by atoms with Crippen molar-refractivity contribution in [2.45, 2.75) is 26.8 Å². The third-order valence-corrected chi connectivity index (χ3v) is 3.50. The lowest BCUT2D eigenvalue weighted by atomic mass is 10.1. The number of halogens is 1. The van der Waals surface area contributed by atoms with Crippen LogP contribution in [0, 0.1) is 13.8 Å². The molecule has 0 aliphatic carbocycles. The molecule has 2 heteroatoms. The van der Waals surface area contributed by atoms with E-state index in [4.69, 9.17) is 0 Å². The van der Waals surface area contributed by atoms with Crippen LogP contribution >= 0.6 is 15.9 Å². The molecule has 18 heavy (non-hydrogen) atoms. The van der Waals surface area contributed by atoms with Gasteiger partial charge in [0, 0.05) is 16.2 Å². The number of nitrogens with one attached hydrogen (secondary N) is 1. The highest BCUT2D eigenvalue weighted by atomic mass is 79.9. The van der Waals surface area contributed by atoms with Crippen molar-refractivity contribution in [3.8, 4) is 0 Å². The molecule has 0 radical (unpaired) electrons. The van der Waals surface area contributed by atoms with Gasteiger partial charge in [-0.05, 0) is 61.7 Å². The number of aryl methyl sites for hydroxylation is 2. The SMILES string of the molecule is Cc1cc(C)cc(NC(C)c2ccc(Br)cc2)c1. The Morgan fingerprint density at radius 2 is 1.50 bits per heavy atom. The van der Waals surface area contributed by atoms with Crippen LogP contribution in [0.1, 0.15) is 29.7 Å². The molecule has 0 spiro atoms. The lowest BCUT2D eigenvalue weighted by Crippen LogP contribution is -2.06. The maximum Gasteiger partial charge on any atom is 0.0485 e. The van der Waals surface area contributed by atoms with E-state index < -0.39 is 0 Å². The summed E-state index contributed by atoms with van der Waals surface area (Å²) >= 11 is 3.46. The zero-order valence-electron chi connectivity index (χ0n) is 11.0. The molecule has 0 heterocycles. The monoisotopic (exact) mass is 303 g/mol. The van der Waals surface area contributed by atoms with Crippen molar-refractivity contribution < 1.29 is 0 Å². The molecule has 0 saturated carbocycles. The maximum atomic E-state index is 3.54. The van der Waals surface area contributed by atoms with Crippen LogP contribution < -0.4 is 5.32 Å². The Hall–Kier alpha value is -1.28. The second kappa shape index (κ2) is 5.57. The molecule has 1 N–H and O–H groups in total. The molecule has 1 atom stereocenters. The minimum Gasteiger partial charge on any atom is -0.379 e. The van der Waals surface area contributed by atoms with Crippen LogP contribution in [0.25, 0.3) is 0 Å². The first-order chi connectivity index (χ1) is 8.54. The highest BCUT2D eigenvalue weighted by Gasteiger charge is 2.05. The fourth-order valence-corrected chi connectivity index (χ4v) is 2.41. The van der Waals surface area contributed by atoms with Crippen molar-refractivity contribution >= 4 is 21.6 Å². The summed E-state index contributed by atoms with van der Waals surface area (Å²) in [6, 6.07) is 15.3. The van der Waals surface area contributed by atoms with E-state index >= 15 is 0 Å². The van der Waals surface area contributed by atoms with E-state index in [1.807, 2.05) is 0 Å². The Labute approximate surface area is 117 Å². The van der Waals surface area contributed by atoms with E-state index in [1.165, 1.54) is 22.4 Å². The van der Waals surface area contributed by atoms with Crippen molar-refractivity contribution in [1.29, 1.82) is 0 Å². The molecule has 2 rings (SSSR count). The summed E-state index contributed by atoms with van der Waals surface area (Å²) in [5.41, 5.74) is 5.06. The summed E-state index contributed by atoms with van der Waals surface area (Å²) in [7, 11) is 0.